The second kappa shape index (κ2) is 8.34. The Kier molecular flexibility index (Phi) is 5.46. The zero-order valence-corrected chi connectivity index (χ0v) is 16.5. The van der Waals surface area contributed by atoms with E-state index in [0.29, 0.717) is 42.8 Å². The Labute approximate surface area is 169 Å². The molecule has 7 heteroatoms. The number of carbonyl (C=O) groups is 1. The van der Waals surface area contributed by atoms with Crippen LogP contribution in [-0.2, 0) is 0 Å². The maximum atomic E-state index is 13.4. The number of likely N-dealkylation sites (tertiary alicyclic amines) is 1. The number of carbonyl (C=O) groups excluding carboxylic acids is 1. The van der Waals surface area contributed by atoms with Crippen molar-refractivity contribution in [3.63, 3.8) is 0 Å². The van der Waals surface area contributed by atoms with E-state index in [-0.39, 0.29) is 12.0 Å². The molecule has 1 aliphatic rings. The monoisotopic (exact) mass is 393 g/mol. The average Bonchev–Trinajstić information content (AvgIpc) is 3.22. The summed E-state index contributed by atoms with van der Waals surface area (Å²) >= 11 is 0. The van der Waals surface area contributed by atoms with Gasteiger partial charge in [0.25, 0.3) is 5.91 Å². The molecule has 2 aromatic carbocycles. The van der Waals surface area contributed by atoms with Crippen molar-refractivity contribution in [1.82, 2.24) is 15.1 Å². The van der Waals surface area contributed by atoms with Crippen molar-refractivity contribution >= 4 is 16.7 Å². The first-order chi connectivity index (χ1) is 14.2. The molecule has 0 bridgehead atoms. The van der Waals surface area contributed by atoms with Crippen LogP contribution >= 0.6 is 0 Å². The van der Waals surface area contributed by atoms with Crippen LogP contribution in [0, 0.1) is 0 Å². The largest absolute Gasteiger partial charge is 0.493 e. The highest BCUT2D eigenvalue weighted by Gasteiger charge is 2.31. The van der Waals surface area contributed by atoms with Crippen molar-refractivity contribution in [3.8, 4) is 17.5 Å². The molecule has 1 aromatic heterocycles. The fraction of sp³-hybridized carbons (Fsp3) is 0.318. The molecule has 0 spiro atoms. The van der Waals surface area contributed by atoms with Gasteiger partial charge in [-0.3, -0.25) is 4.79 Å². The van der Waals surface area contributed by atoms with Crippen LogP contribution in [0.15, 0.2) is 48.5 Å². The lowest BCUT2D eigenvalue weighted by Crippen LogP contribution is -2.31. The number of hydrogen-bond acceptors (Lipinski definition) is 6. The standard InChI is InChI=1S/C22H23N3O4/c1-3-28-18-9-8-15-6-4-5-7-17(15)21(18)22(26)25-13-12-16(14-25)29-20-11-10-19(27-2)23-24-20/h4-11,16H,3,12-14H2,1-2H3. The Morgan fingerprint density at radius 3 is 2.66 bits per heavy atom. The third-order valence-corrected chi connectivity index (χ3v) is 4.95. The molecule has 7 nitrogen and oxygen atoms in total. The maximum absolute atomic E-state index is 13.4. The summed E-state index contributed by atoms with van der Waals surface area (Å²) < 4.78 is 16.7. The number of amides is 1. The lowest BCUT2D eigenvalue weighted by atomic mass is 10.0. The minimum Gasteiger partial charge on any atom is -0.493 e. The topological polar surface area (TPSA) is 73.8 Å². The van der Waals surface area contributed by atoms with Gasteiger partial charge in [-0.2, -0.15) is 0 Å². The lowest BCUT2D eigenvalue weighted by molar-refractivity contribution is 0.0769. The summed E-state index contributed by atoms with van der Waals surface area (Å²) in [5.41, 5.74) is 0.606. The van der Waals surface area contributed by atoms with Crippen LogP contribution in [0.25, 0.3) is 10.8 Å². The molecular weight excluding hydrogens is 370 g/mol. The van der Waals surface area contributed by atoms with Crippen LogP contribution in [0.5, 0.6) is 17.5 Å². The number of aromatic nitrogens is 2. The summed E-state index contributed by atoms with van der Waals surface area (Å²) in [5.74, 6) is 1.42. The second-order valence-electron chi connectivity index (χ2n) is 6.79. The minimum atomic E-state index is -0.132. The van der Waals surface area contributed by atoms with E-state index in [0.717, 1.165) is 17.2 Å². The first kappa shape index (κ1) is 19.0. The van der Waals surface area contributed by atoms with Gasteiger partial charge < -0.3 is 19.1 Å². The lowest BCUT2D eigenvalue weighted by Gasteiger charge is -2.20. The zero-order valence-electron chi connectivity index (χ0n) is 16.5. The van der Waals surface area contributed by atoms with Crippen LogP contribution in [-0.4, -0.2) is 53.9 Å². The van der Waals surface area contributed by atoms with Gasteiger partial charge in [0.05, 0.1) is 25.8 Å². The van der Waals surface area contributed by atoms with E-state index in [1.807, 2.05) is 48.2 Å². The summed E-state index contributed by atoms with van der Waals surface area (Å²) in [5, 5.41) is 9.82. The Morgan fingerprint density at radius 2 is 1.90 bits per heavy atom. The van der Waals surface area contributed by atoms with E-state index in [2.05, 4.69) is 10.2 Å². The number of ether oxygens (including phenoxy) is 3. The Bertz CT molecular complexity index is 1010. The van der Waals surface area contributed by atoms with Gasteiger partial charge in [0.2, 0.25) is 11.8 Å². The predicted molar refractivity (Wildman–Crippen MR) is 109 cm³/mol. The Morgan fingerprint density at radius 1 is 1.10 bits per heavy atom. The van der Waals surface area contributed by atoms with Crippen molar-refractivity contribution in [2.75, 3.05) is 26.8 Å². The number of nitrogens with zero attached hydrogens (tertiary/aromatic N) is 3. The maximum Gasteiger partial charge on any atom is 0.258 e. The van der Waals surface area contributed by atoms with Crippen molar-refractivity contribution in [1.29, 1.82) is 0 Å². The van der Waals surface area contributed by atoms with Crippen LogP contribution < -0.4 is 14.2 Å². The van der Waals surface area contributed by atoms with Crippen LogP contribution in [0.4, 0.5) is 0 Å². The van der Waals surface area contributed by atoms with Gasteiger partial charge in [0, 0.05) is 25.1 Å². The average molecular weight is 393 g/mol. The van der Waals surface area contributed by atoms with Crippen LogP contribution in [0.3, 0.4) is 0 Å². The first-order valence-corrected chi connectivity index (χ1v) is 9.67. The molecule has 1 saturated heterocycles. The Balaban J connectivity index is 1.53. The fourth-order valence-electron chi connectivity index (χ4n) is 3.57. The van der Waals surface area contributed by atoms with Gasteiger partial charge >= 0.3 is 0 Å². The van der Waals surface area contributed by atoms with E-state index in [1.165, 1.54) is 7.11 Å². The molecule has 1 atom stereocenters. The minimum absolute atomic E-state index is 0.0443. The fourth-order valence-corrected chi connectivity index (χ4v) is 3.57. The van der Waals surface area contributed by atoms with E-state index >= 15 is 0 Å². The highest BCUT2D eigenvalue weighted by Crippen LogP contribution is 2.31. The highest BCUT2D eigenvalue weighted by molar-refractivity contribution is 6.09. The second-order valence-corrected chi connectivity index (χ2v) is 6.79. The molecule has 1 unspecified atom stereocenters. The molecule has 1 aliphatic heterocycles. The molecule has 1 fully saturated rings. The van der Waals surface area contributed by atoms with E-state index in [4.69, 9.17) is 14.2 Å². The van der Waals surface area contributed by atoms with Gasteiger partial charge in [-0.05, 0) is 23.8 Å². The van der Waals surface area contributed by atoms with Crippen molar-refractivity contribution in [2.24, 2.45) is 0 Å². The summed E-state index contributed by atoms with van der Waals surface area (Å²) in [4.78, 5) is 15.2. The molecule has 150 valence electrons. The summed E-state index contributed by atoms with van der Waals surface area (Å²) in [6, 6.07) is 15.1. The highest BCUT2D eigenvalue weighted by atomic mass is 16.5. The van der Waals surface area contributed by atoms with Gasteiger partial charge in [0.15, 0.2) is 0 Å². The van der Waals surface area contributed by atoms with Crippen molar-refractivity contribution in [2.45, 2.75) is 19.4 Å². The first-order valence-electron chi connectivity index (χ1n) is 9.67. The van der Waals surface area contributed by atoms with E-state index < -0.39 is 0 Å². The van der Waals surface area contributed by atoms with Gasteiger partial charge in [-0.1, -0.05) is 30.3 Å². The number of benzene rings is 2. The molecule has 2 heterocycles. The third kappa shape index (κ3) is 3.94. The molecule has 0 saturated carbocycles. The smallest absolute Gasteiger partial charge is 0.258 e. The van der Waals surface area contributed by atoms with Crippen molar-refractivity contribution in [3.05, 3.63) is 54.1 Å². The summed E-state index contributed by atoms with van der Waals surface area (Å²) in [6.07, 6.45) is 0.598. The van der Waals surface area contributed by atoms with Crippen molar-refractivity contribution < 1.29 is 19.0 Å². The normalized spacial score (nSPS) is 16.1. The predicted octanol–water partition coefficient (Wildman–Crippen LogP) is 3.33. The zero-order chi connectivity index (χ0) is 20.2. The quantitative estimate of drug-likeness (QED) is 0.640. The van der Waals surface area contributed by atoms with E-state index in [9.17, 15) is 4.79 Å². The van der Waals surface area contributed by atoms with Gasteiger partial charge in [-0.15, -0.1) is 10.2 Å². The SMILES string of the molecule is CCOc1ccc2ccccc2c1C(=O)N1CCC(Oc2ccc(OC)nn2)C1. The van der Waals surface area contributed by atoms with Crippen LogP contribution in [0.1, 0.15) is 23.7 Å². The Hall–Kier alpha value is -3.35. The summed E-state index contributed by atoms with van der Waals surface area (Å²) in [6.45, 7) is 3.52. The molecule has 0 aliphatic carbocycles. The number of fused-ring (bicyclic) bond motifs is 1. The number of hydrogen-bond donors (Lipinski definition) is 0. The van der Waals surface area contributed by atoms with Crippen LogP contribution in [0.2, 0.25) is 0 Å². The van der Waals surface area contributed by atoms with E-state index in [1.54, 1.807) is 12.1 Å². The number of rotatable bonds is 6. The molecule has 1 amide bonds. The number of methoxy groups -OCH3 is 1. The van der Waals surface area contributed by atoms with Gasteiger partial charge in [0.1, 0.15) is 11.9 Å². The summed E-state index contributed by atoms with van der Waals surface area (Å²) in [7, 11) is 1.54. The molecule has 0 radical (unpaired) electrons. The third-order valence-electron chi connectivity index (χ3n) is 4.95. The van der Waals surface area contributed by atoms with Gasteiger partial charge in [-0.25, -0.2) is 0 Å². The molecule has 29 heavy (non-hydrogen) atoms. The molecule has 3 aromatic rings. The molecular formula is C22H23N3O4. The molecule has 0 N–H and O–H groups in total. The molecule has 4 rings (SSSR count).